The molecule has 0 saturated heterocycles. The molecule has 6 rings (SSSR count). The fraction of sp³-hybridized carbons (Fsp3) is 0.0333. The quantitative estimate of drug-likeness (QED) is 0.320. The Morgan fingerprint density at radius 3 is 2.23 bits per heavy atom. The SMILES string of the molecule is Cn1c(-c2ccccc2O)nc2c(-c3cccc(-c4ccc(-c5ccccc5)cn4)c3)ccnc21. The van der Waals surface area contributed by atoms with E-state index in [9.17, 15) is 5.11 Å². The summed E-state index contributed by atoms with van der Waals surface area (Å²) in [5, 5.41) is 10.4. The van der Waals surface area contributed by atoms with E-state index in [-0.39, 0.29) is 5.75 Å². The number of fused-ring (bicyclic) bond motifs is 1. The molecule has 3 heterocycles. The van der Waals surface area contributed by atoms with Gasteiger partial charge in [0.1, 0.15) is 17.1 Å². The minimum Gasteiger partial charge on any atom is -0.507 e. The maximum absolute atomic E-state index is 10.4. The molecule has 0 spiro atoms. The highest BCUT2D eigenvalue weighted by Crippen LogP contribution is 2.34. The van der Waals surface area contributed by atoms with Gasteiger partial charge in [-0.25, -0.2) is 9.97 Å². The number of rotatable bonds is 4. The van der Waals surface area contributed by atoms with Crippen LogP contribution in [0.3, 0.4) is 0 Å². The average Bonchev–Trinajstić information content (AvgIpc) is 3.26. The van der Waals surface area contributed by atoms with E-state index in [1.54, 1.807) is 18.3 Å². The predicted molar refractivity (Wildman–Crippen MR) is 140 cm³/mol. The average molecular weight is 455 g/mol. The molecule has 0 atom stereocenters. The van der Waals surface area contributed by atoms with Crippen LogP contribution < -0.4 is 0 Å². The molecule has 35 heavy (non-hydrogen) atoms. The van der Waals surface area contributed by atoms with Gasteiger partial charge in [-0.3, -0.25) is 4.98 Å². The Bertz CT molecular complexity index is 1650. The van der Waals surface area contributed by atoms with Gasteiger partial charge in [-0.15, -0.1) is 0 Å². The largest absolute Gasteiger partial charge is 0.507 e. The number of benzene rings is 3. The second-order valence-electron chi connectivity index (χ2n) is 8.42. The zero-order chi connectivity index (χ0) is 23.8. The van der Waals surface area contributed by atoms with Gasteiger partial charge in [0.2, 0.25) is 0 Å². The van der Waals surface area contributed by atoms with E-state index in [0.717, 1.165) is 44.7 Å². The fourth-order valence-corrected chi connectivity index (χ4v) is 4.43. The second-order valence-corrected chi connectivity index (χ2v) is 8.42. The van der Waals surface area contributed by atoms with Crippen molar-refractivity contribution in [2.75, 3.05) is 0 Å². The molecule has 1 N–H and O–H groups in total. The molecule has 168 valence electrons. The molecule has 0 unspecified atom stereocenters. The van der Waals surface area contributed by atoms with E-state index in [4.69, 9.17) is 9.97 Å². The maximum atomic E-state index is 10.4. The second kappa shape index (κ2) is 8.54. The first kappa shape index (κ1) is 20.8. The van der Waals surface area contributed by atoms with Crippen LogP contribution in [0, 0.1) is 0 Å². The molecule has 0 amide bonds. The summed E-state index contributed by atoms with van der Waals surface area (Å²) in [4.78, 5) is 14.2. The lowest BCUT2D eigenvalue weighted by atomic mass is 10.0. The Kier molecular flexibility index (Phi) is 5.08. The van der Waals surface area contributed by atoms with Gasteiger partial charge in [0, 0.05) is 36.1 Å². The van der Waals surface area contributed by atoms with Gasteiger partial charge in [0.15, 0.2) is 5.65 Å². The van der Waals surface area contributed by atoms with Crippen molar-refractivity contribution in [1.82, 2.24) is 19.5 Å². The summed E-state index contributed by atoms with van der Waals surface area (Å²) in [6, 6.07) is 31.9. The van der Waals surface area contributed by atoms with Gasteiger partial charge < -0.3 is 9.67 Å². The summed E-state index contributed by atoms with van der Waals surface area (Å²) in [5.41, 5.74) is 8.42. The van der Waals surface area contributed by atoms with Crippen molar-refractivity contribution in [1.29, 1.82) is 0 Å². The number of pyridine rings is 2. The first-order chi connectivity index (χ1) is 17.2. The van der Waals surface area contributed by atoms with Crippen LogP contribution in [-0.2, 0) is 7.05 Å². The van der Waals surface area contributed by atoms with Gasteiger partial charge in [-0.2, -0.15) is 0 Å². The van der Waals surface area contributed by atoms with Gasteiger partial charge in [0.25, 0.3) is 0 Å². The number of hydrogen-bond donors (Lipinski definition) is 1. The number of phenols is 1. The van der Waals surface area contributed by atoms with Crippen molar-refractivity contribution in [3.63, 3.8) is 0 Å². The third-order valence-electron chi connectivity index (χ3n) is 6.24. The van der Waals surface area contributed by atoms with Crippen LogP contribution >= 0.6 is 0 Å². The lowest BCUT2D eigenvalue weighted by Gasteiger charge is -2.07. The van der Waals surface area contributed by atoms with Crippen molar-refractivity contribution >= 4 is 11.2 Å². The van der Waals surface area contributed by atoms with Crippen molar-refractivity contribution in [3.05, 3.63) is 109 Å². The lowest BCUT2D eigenvalue weighted by molar-refractivity contribution is 0.476. The van der Waals surface area contributed by atoms with Gasteiger partial charge in [0.05, 0.1) is 11.3 Å². The molecule has 3 aromatic carbocycles. The summed E-state index contributed by atoms with van der Waals surface area (Å²) in [7, 11) is 1.92. The number of nitrogens with zero attached hydrogens (tertiary/aromatic N) is 4. The molecular weight excluding hydrogens is 432 g/mol. The van der Waals surface area contributed by atoms with Gasteiger partial charge in [-0.05, 0) is 41.5 Å². The Hall–Kier alpha value is -4.77. The van der Waals surface area contributed by atoms with Crippen LogP contribution in [0.4, 0.5) is 0 Å². The molecule has 5 nitrogen and oxygen atoms in total. The van der Waals surface area contributed by atoms with Crippen LogP contribution in [0.25, 0.3) is 56.1 Å². The summed E-state index contributed by atoms with van der Waals surface area (Å²) in [6.45, 7) is 0. The number of imidazole rings is 1. The Labute approximate surface area is 203 Å². The fourth-order valence-electron chi connectivity index (χ4n) is 4.43. The van der Waals surface area contributed by atoms with Crippen molar-refractivity contribution < 1.29 is 5.11 Å². The number of para-hydroxylation sites is 1. The van der Waals surface area contributed by atoms with E-state index in [1.807, 2.05) is 60.3 Å². The zero-order valence-corrected chi connectivity index (χ0v) is 19.1. The molecule has 6 aromatic rings. The highest BCUT2D eigenvalue weighted by molar-refractivity contribution is 5.93. The van der Waals surface area contributed by atoms with Crippen molar-refractivity contribution in [2.45, 2.75) is 0 Å². The Morgan fingerprint density at radius 2 is 1.43 bits per heavy atom. The topological polar surface area (TPSA) is 63.8 Å². The molecular formula is C30H22N4O. The molecule has 0 bridgehead atoms. The maximum Gasteiger partial charge on any atom is 0.160 e. The minimum absolute atomic E-state index is 0.194. The number of aromatic hydroxyl groups is 1. The van der Waals surface area contributed by atoms with Crippen LogP contribution in [0.5, 0.6) is 5.75 Å². The van der Waals surface area contributed by atoms with Crippen LogP contribution in [-0.4, -0.2) is 24.6 Å². The summed E-state index contributed by atoms with van der Waals surface area (Å²) < 4.78 is 1.92. The molecule has 0 aliphatic rings. The standard InChI is InChI=1S/C30H22N4O/c1-34-29(25-12-5-6-13-27(25)35)33-28-24(16-17-31-30(28)34)21-10-7-11-22(18-21)26-15-14-23(19-32-26)20-8-3-2-4-9-20/h2-19,35H,1H3. The smallest absolute Gasteiger partial charge is 0.160 e. The van der Waals surface area contributed by atoms with Crippen LogP contribution in [0.1, 0.15) is 0 Å². The highest BCUT2D eigenvalue weighted by atomic mass is 16.3. The van der Waals surface area contributed by atoms with E-state index in [0.29, 0.717) is 11.4 Å². The Balaban J connectivity index is 1.41. The van der Waals surface area contributed by atoms with Crippen LogP contribution in [0.15, 0.2) is 109 Å². The monoisotopic (exact) mass is 454 g/mol. The molecule has 0 saturated carbocycles. The number of hydrogen-bond acceptors (Lipinski definition) is 4. The predicted octanol–water partition coefficient (Wildman–Crippen LogP) is 6.74. The third kappa shape index (κ3) is 3.73. The van der Waals surface area contributed by atoms with E-state index >= 15 is 0 Å². The number of phenolic OH excluding ortho intramolecular Hbond substituents is 1. The molecule has 0 aliphatic carbocycles. The third-order valence-corrected chi connectivity index (χ3v) is 6.24. The molecule has 5 heteroatoms. The summed E-state index contributed by atoms with van der Waals surface area (Å²) >= 11 is 0. The number of aromatic nitrogens is 4. The van der Waals surface area contributed by atoms with Crippen molar-refractivity contribution in [2.24, 2.45) is 7.05 Å². The van der Waals surface area contributed by atoms with Crippen LogP contribution in [0.2, 0.25) is 0 Å². The van der Waals surface area contributed by atoms with E-state index in [1.165, 1.54) is 0 Å². The van der Waals surface area contributed by atoms with E-state index in [2.05, 4.69) is 47.4 Å². The highest BCUT2D eigenvalue weighted by Gasteiger charge is 2.17. The number of aryl methyl sites for hydroxylation is 1. The van der Waals surface area contributed by atoms with Crippen molar-refractivity contribution in [3.8, 4) is 50.6 Å². The van der Waals surface area contributed by atoms with E-state index < -0.39 is 0 Å². The first-order valence-electron chi connectivity index (χ1n) is 11.4. The molecule has 0 radical (unpaired) electrons. The molecule has 0 aliphatic heterocycles. The lowest BCUT2D eigenvalue weighted by Crippen LogP contribution is -1.94. The normalized spacial score (nSPS) is 11.1. The van der Waals surface area contributed by atoms with Gasteiger partial charge >= 0.3 is 0 Å². The van der Waals surface area contributed by atoms with Gasteiger partial charge in [-0.1, -0.05) is 66.7 Å². The first-order valence-corrected chi connectivity index (χ1v) is 11.4. The zero-order valence-electron chi connectivity index (χ0n) is 19.1. The molecule has 0 fully saturated rings. The minimum atomic E-state index is 0.194. The summed E-state index contributed by atoms with van der Waals surface area (Å²) in [5.74, 6) is 0.867. The Morgan fingerprint density at radius 1 is 0.657 bits per heavy atom. The summed E-state index contributed by atoms with van der Waals surface area (Å²) in [6.07, 6.45) is 3.72. The molecule has 3 aromatic heterocycles.